The Hall–Kier alpha value is -2.35. The van der Waals surface area contributed by atoms with Crippen LogP contribution >= 0.6 is 11.6 Å². The third-order valence-electron chi connectivity index (χ3n) is 5.03. The first-order valence-corrected chi connectivity index (χ1v) is 10.8. The molecule has 1 unspecified atom stereocenters. The van der Waals surface area contributed by atoms with Gasteiger partial charge < -0.3 is 19.3 Å². The summed E-state index contributed by atoms with van der Waals surface area (Å²) >= 11 is 5.61. The lowest BCUT2D eigenvalue weighted by Crippen LogP contribution is -2.19. The van der Waals surface area contributed by atoms with E-state index in [-0.39, 0.29) is 12.0 Å². The van der Waals surface area contributed by atoms with E-state index in [0.29, 0.717) is 25.7 Å². The monoisotopic (exact) mass is 431 g/mol. The van der Waals surface area contributed by atoms with Gasteiger partial charge in [0.2, 0.25) is 0 Å². The predicted octanol–water partition coefficient (Wildman–Crippen LogP) is 4.53. The minimum absolute atomic E-state index is 0.0916. The number of benzene rings is 1. The molecule has 0 radical (unpaired) electrons. The quantitative estimate of drug-likeness (QED) is 0.396. The van der Waals surface area contributed by atoms with E-state index in [1.165, 1.54) is 6.20 Å². The molecule has 0 bridgehead atoms. The first kappa shape index (κ1) is 20.9. The van der Waals surface area contributed by atoms with Gasteiger partial charge in [0.25, 0.3) is 0 Å². The van der Waals surface area contributed by atoms with Crippen molar-refractivity contribution in [3.05, 3.63) is 36.7 Å². The Morgan fingerprint density at radius 2 is 2.10 bits per heavy atom. The van der Waals surface area contributed by atoms with Gasteiger partial charge in [-0.25, -0.2) is 4.68 Å². The molecule has 7 nitrogen and oxygen atoms in total. The molecule has 1 aliphatic rings. The maximum absolute atomic E-state index is 9.89. The highest BCUT2D eigenvalue weighted by Gasteiger charge is 2.22. The summed E-state index contributed by atoms with van der Waals surface area (Å²) in [6.07, 6.45) is 6.92. The molecule has 1 aliphatic heterocycles. The van der Waals surface area contributed by atoms with Gasteiger partial charge in [-0.1, -0.05) is 0 Å². The molecule has 160 valence electrons. The fourth-order valence-corrected chi connectivity index (χ4v) is 3.73. The molecule has 1 atom stereocenters. The summed E-state index contributed by atoms with van der Waals surface area (Å²) in [5.74, 6) is 1.37. The molecule has 0 saturated carbocycles. The standard InChI is InChI=1S/C22H26ClN3O4/c23-7-11-28-8-3-10-29-18-5-6-20-19(13-18)22(16-12-17(27)15-24-14-16)25-26(20)21-4-1-2-9-30-21/h5-6,12-15,21,27H,1-4,7-11H2. The second kappa shape index (κ2) is 10.1. The summed E-state index contributed by atoms with van der Waals surface area (Å²) in [5.41, 5.74) is 2.47. The van der Waals surface area contributed by atoms with E-state index in [9.17, 15) is 5.11 Å². The average Bonchev–Trinajstić information content (AvgIpc) is 3.16. The topological polar surface area (TPSA) is 78.6 Å². The van der Waals surface area contributed by atoms with Crippen molar-refractivity contribution in [1.29, 1.82) is 0 Å². The molecule has 2 aromatic heterocycles. The zero-order valence-corrected chi connectivity index (χ0v) is 17.6. The van der Waals surface area contributed by atoms with Crippen molar-refractivity contribution in [3.8, 4) is 22.8 Å². The van der Waals surface area contributed by atoms with Gasteiger partial charge in [-0.05, 0) is 43.5 Å². The molecule has 4 rings (SSSR count). The maximum Gasteiger partial charge on any atom is 0.150 e. The number of aromatic hydroxyl groups is 1. The second-order valence-corrected chi connectivity index (χ2v) is 7.61. The summed E-state index contributed by atoms with van der Waals surface area (Å²) in [5, 5.41) is 15.7. The molecule has 3 aromatic rings. The second-order valence-electron chi connectivity index (χ2n) is 7.23. The van der Waals surface area contributed by atoms with Crippen LogP contribution in [0.25, 0.3) is 22.2 Å². The van der Waals surface area contributed by atoms with Gasteiger partial charge in [-0.2, -0.15) is 5.10 Å². The Balaban J connectivity index is 1.62. The number of ether oxygens (including phenoxy) is 3. The van der Waals surface area contributed by atoms with Gasteiger partial charge in [0.1, 0.15) is 17.2 Å². The minimum Gasteiger partial charge on any atom is -0.506 e. The first-order chi connectivity index (χ1) is 14.8. The number of rotatable bonds is 9. The van der Waals surface area contributed by atoms with Gasteiger partial charge in [-0.15, -0.1) is 11.6 Å². The summed E-state index contributed by atoms with van der Waals surface area (Å²) < 4.78 is 19.2. The molecule has 3 heterocycles. The third kappa shape index (κ3) is 4.86. The zero-order valence-electron chi connectivity index (χ0n) is 16.8. The smallest absolute Gasteiger partial charge is 0.150 e. The van der Waals surface area contributed by atoms with Crippen LogP contribution in [0.1, 0.15) is 31.9 Å². The van der Waals surface area contributed by atoms with Crippen LogP contribution in [-0.2, 0) is 9.47 Å². The summed E-state index contributed by atoms with van der Waals surface area (Å²) in [6, 6.07) is 7.62. The van der Waals surface area contributed by atoms with E-state index in [4.69, 9.17) is 30.9 Å². The fourth-order valence-electron chi connectivity index (χ4n) is 3.62. The van der Waals surface area contributed by atoms with Crippen molar-refractivity contribution in [2.45, 2.75) is 31.9 Å². The van der Waals surface area contributed by atoms with Crippen molar-refractivity contribution < 1.29 is 19.3 Å². The number of halogens is 1. The molecule has 1 aromatic carbocycles. The highest BCUT2D eigenvalue weighted by molar-refractivity contribution is 6.17. The molecular formula is C22H26ClN3O4. The van der Waals surface area contributed by atoms with Crippen molar-refractivity contribution in [1.82, 2.24) is 14.8 Å². The van der Waals surface area contributed by atoms with Gasteiger partial charge in [0, 0.05) is 42.7 Å². The minimum atomic E-state index is -0.0916. The molecule has 1 fully saturated rings. The molecular weight excluding hydrogens is 406 g/mol. The number of alkyl halides is 1. The Kier molecular flexibility index (Phi) is 7.04. The molecule has 0 amide bonds. The van der Waals surface area contributed by atoms with Crippen molar-refractivity contribution >= 4 is 22.5 Å². The zero-order chi connectivity index (χ0) is 20.8. The van der Waals surface area contributed by atoms with Crippen LogP contribution in [0.3, 0.4) is 0 Å². The summed E-state index contributed by atoms with van der Waals surface area (Å²) in [6.45, 7) is 2.46. The normalized spacial score (nSPS) is 16.8. The molecule has 8 heteroatoms. The van der Waals surface area contributed by atoms with E-state index in [1.807, 2.05) is 22.9 Å². The van der Waals surface area contributed by atoms with Gasteiger partial charge in [0.15, 0.2) is 6.23 Å². The number of nitrogens with zero attached hydrogens (tertiary/aromatic N) is 3. The highest BCUT2D eigenvalue weighted by Crippen LogP contribution is 2.35. The van der Waals surface area contributed by atoms with Crippen LogP contribution in [-0.4, -0.2) is 52.2 Å². The summed E-state index contributed by atoms with van der Waals surface area (Å²) in [7, 11) is 0. The van der Waals surface area contributed by atoms with Crippen molar-refractivity contribution in [2.75, 3.05) is 32.3 Å². The SMILES string of the molecule is Oc1cncc(-c2nn(C3CCCCO3)c3ccc(OCCCOCCCl)cc23)c1. The van der Waals surface area contributed by atoms with E-state index in [0.717, 1.165) is 60.2 Å². The predicted molar refractivity (Wildman–Crippen MR) is 115 cm³/mol. The first-order valence-electron chi connectivity index (χ1n) is 10.3. The number of fused-ring (bicyclic) bond motifs is 1. The highest BCUT2D eigenvalue weighted by atomic mass is 35.5. The largest absolute Gasteiger partial charge is 0.506 e. The Morgan fingerprint density at radius 1 is 1.17 bits per heavy atom. The van der Waals surface area contributed by atoms with Crippen molar-refractivity contribution in [3.63, 3.8) is 0 Å². The van der Waals surface area contributed by atoms with E-state index in [1.54, 1.807) is 12.3 Å². The van der Waals surface area contributed by atoms with Crippen LogP contribution < -0.4 is 4.74 Å². The number of pyridine rings is 1. The van der Waals surface area contributed by atoms with Crippen molar-refractivity contribution in [2.24, 2.45) is 0 Å². The lowest BCUT2D eigenvalue weighted by Gasteiger charge is -2.23. The maximum atomic E-state index is 9.89. The summed E-state index contributed by atoms with van der Waals surface area (Å²) in [4.78, 5) is 4.11. The number of aromatic nitrogens is 3. The van der Waals surface area contributed by atoms with Crippen LogP contribution in [0.15, 0.2) is 36.7 Å². The molecule has 1 saturated heterocycles. The van der Waals surface area contributed by atoms with Gasteiger partial charge in [0.05, 0.1) is 24.9 Å². The Labute approximate surface area is 180 Å². The average molecular weight is 432 g/mol. The van der Waals surface area contributed by atoms with E-state index < -0.39 is 0 Å². The Morgan fingerprint density at radius 3 is 2.90 bits per heavy atom. The molecule has 30 heavy (non-hydrogen) atoms. The Bertz CT molecular complexity index is 972. The van der Waals surface area contributed by atoms with Crippen LogP contribution in [0.2, 0.25) is 0 Å². The van der Waals surface area contributed by atoms with E-state index >= 15 is 0 Å². The molecule has 1 N–H and O–H groups in total. The number of hydrogen-bond donors (Lipinski definition) is 1. The molecule has 0 aliphatic carbocycles. The van der Waals surface area contributed by atoms with Crippen LogP contribution in [0.4, 0.5) is 0 Å². The van der Waals surface area contributed by atoms with Crippen LogP contribution in [0.5, 0.6) is 11.5 Å². The third-order valence-corrected chi connectivity index (χ3v) is 5.18. The molecule has 0 spiro atoms. The van der Waals surface area contributed by atoms with Gasteiger partial charge in [-0.3, -0.25) is 4.98 Å². The van der Waals surface area contributed by atoms with Crippen LogP contribution in [0, 0.1) is 0 Å². The fraction of sp³-hybridized carbons (Fsp3) is 0.455. The lowest BCUT2D eigenvalue weighted by atomic mass is 10.1. The van der Waals surface area contributed by atoms with E-state index in [2.05, 4.69) is 4.98 Å². The lowest BCUT2D eigenvalue weighted by molar-refractivity contribution is -0.0365. The van der Waals surface area contributed by atoms with Gasteiger partial charge >= 0.3 is 0 Å². The number of hydrogen-bond acceptors (Lipinski definition) is 6.